The number of piperazine rings is 1. The molecule has 0 bridgehead atoms. The average molecular weight is 485 g/mol. The SMILES string of the molecule is CC#CCOc1ccc(S(=O)(=O)N2CCN(C(=O)N3CCOCC3)CC2C(=O)O)cc1.NO. The number of rotatable bonds is 5. The first-order valence-corrected chi connectivity index (χ1v) is 11.5. The van der Waals surface area contributed by atoms with Crippen LogP contribution in [0.3, 0.4) is 0 Å². The molecule has 2 aliphatic rings. The van der Waals surface area contributed by atoms with E-state index in [1.165, 1.54) is 29.2 Å². The second kappa shape index (κ2) is 12.4. The zero-order chi connectivity index (χ0) is 24.4. The molecule has 2 saturated heterocycles. The van der Waals surface area contributed by atoms with Gasteiger partial charge in [-0.25, -0.2) is 19.1 Å². The molecule has 2 amide bonds. The number of benzene rings is 1. The van der Waals surface area contributed by atoms with E-state index in [-0.39, 0.29) is 37.2 Å². The van der Waals surface area contributed by atoms with Crippen molar-refractivity contribution >= 4 is 22.0 Å². The number of aliphatic carboxylic acids is 1. The Kier molecular flexibility index (Phi) is 9.89. The van der Waals surface area contributed by atoms with Crippen LogP contribution < -0.4 is 10.6 Å². The molecule has 0 spiro atoms. The number of carbonyl (C=O) groups is 2. The number of nitrogens with two attached hydrogens (primary N) is 1. The van der Waals surface area contributed by atoms with E-state index in [9.17, 15) is 23.1 Å². The smallest absolute Gasteiger partial charge is 0.323 e. The monoisotopic (exact) mass is 484 g/mol. The number of ether oxygens (including phenoxy) is 2. The van der Waals surface area contributed by atoms with Gasteiger partial charge in [0.15, 0.2) is 0 Å². The fourth-order valence-corrected chi connectivity index (χ4v) is 4.98. The summed E-state index contributed by atoms with van der Waals surface area (Å²) in [4.78, 5) is 27.5. The summed E-state index contributed by atoms with van der Waals surface area (Å²) < 4.78 is 37.8. The minimum absolute atomic E-state index is 0.0411. The van der Waals surface area contributed by atoms with Gasteiger partial charge in [0, 0.05) is 32.7 Å². The van der Waals surface area contributed by atoms with Gasteiger partial charge < -0.3 is 29.6 Å². The van der Waals surface area contributed by atoms with Crippen molar-refractivity contribution in [3.63, 3.8) is 0 Å². The first-order chi connectivity index (χ1) is 15.8. The van der Waals surface area contributed by atoms with Gasteiger partial charge in [0.2, 0.25) is 10.0 Å². The lowest BCUT2D eigenvalue weighted by Crippen LogP contribution is -2.61. The number of urea groups is 1. The molecule has 33 heavy (non-hydrogen) atoms. The van der Waals surface area contributed by atoms with Gasteiger partial charge in [-0.05, 0) is 31.2 Å². The van der Waals surface area contributed by atoms with Crippen molar-refractivity contribution in [1.82, 2.24) is 14.1 Å². The molecular weight excluding hydrogens is 456 g/mol. The summed E-state index contributed by atoms with van der Waals surface area (Å²) in [6.07, 6.45) is 0. The molecule has 12 nitrogen and oxygen atoms in total. The lowest BCUT2D eigenvalue weighted by Gasteiger charge is -2.40. The number of morpholine rings is 1. The number of carboxylic acids is 1. The van der Waals surface area contributed by atoms with Gasteiger partial charge in [-0.2, -0.15) is 4.31 Å². The van der Waals surface area contributed by atoms with Crippen molar-refractivity contribution in [1.29, 1.82) is 0 Å². The molecule has 0 aromatic heterocycles. The highest BCUT2D eigenvalue weighted by molar-refractivity contribution is 7.89. The van der Waals surface area contributed by atoms with Gasteiger partial charge in [0.25, 0.3) is 0 Å². The summed E-state index contributed by atoms with van der Waals surface area (Å²) in [5, 5.41) is 16.2. The van der Waals surface area contributed by atoms with Crippen molar-refractivity contribution in [3.05, 3.63) is 24.3 Å². The van der Waals surface area contributed by atoms with E-state index in [0.717, 1.165) is 4.31 Å². The molecule has 1 aromatic carbocycles. The molecule has 1 unspecified atom stereocenters. The van der Waals surface area contributed by atoms with Crippen molar-refractivity contribution < 1.29 is 37.8 Å². The van der Waals surface area contributed by atoms with Crippen molar-refractivity contribution in [2.45, 2.75) is 17.9 Å². The molecule has 3 rings (SSSR count). The molecule has 0 radical (unpaired) electrons. The lowest BCUT2D eigenvalue weighted by atomic mass is 10.2. The molecule has 4 N–H and O–H groups in total. The number of carboxylic acid groups (broad SMARTS) is 1. The Balaban J connectivity index is 0.00000187. The number of carbonyl (C=O) groups excluding carboxylic acids is 1. The topological polar surface area (TPSA) is 163 Å². The molecule has 2 aliphatic heterocycles. The van der Waals surface area contributed by atoms with E-state index in [0.29, 0.717) is 32.1 Å². The highest BCUT2D eigenvalue weighted by Gasteiger charge is 2.42. The fourth-order valence-electron chi connectivity index (χ4n) is 3.42. The molecular formula is C20H28N4O8S. The second-order valence-electron chi connectivity index (χ2n) is 6.98. The predicted octanol–water partition coefficient (Wildman–Crippen LogP) is -0.365. The Labute approximate surface area is 192 Å². The lowest BCUT2D eigenvalue weighted by molar-refractivity contribution is -0.142. The van der Waals surface area contributed by atoms with E-state index in [2.05, 4.69) is 17.7 Å². The standard InChI is InChI=1S/C20H25N3O7S.H3NO/c1-2-3-12-30-16-4-6-17(7-5-16)31(27,28)23-9-8-22(15-18(23)19(24)25)20(26)21-10-13-29-14-11-21;1-2/h4-7,18H,8-15H2,1H3,(H,24,25);2H,1H2. The van der Waals surface area contributed by atoms with Crippen LogP contribution >= 0.6 is 0 Å². The minimum atomic E-state index is -4.07. The minimum Gasteiger partial charge on any atom is -0.481 e. The molecule has 0 aliphatic carbocycles. The van der Waals surface area contributed by atoms with Crippen LogP contribution in [0.4, 0.5) is 4.79 Å². The first kappa shape index (κ1) is 26.4. The molecule has 2 heterocycles. The largest absolute Gasteiger partial charge is 0.481 e. The maximum absolute atomic E-state index is 13.1. The number of nitrogens with zero attached hydrogens (tertiary/aromatic N) is 3. The van der Waals surface area contributed by atoms with Crippen LogP contribution in [0.2, 0.25) is 0 Å². The van der Waals surface area contributed by atoms with Gasteiger partial charge in [0.1, 0.15) is 18.4 Å². The van der Waals surface area contributed by atoms with E-state index in [4.69, 9.17) is 14.7 Å². The maximum Gasteiger partial charge on any atom is 0.323 e. The number of hydrogen-bond acceptors (Lipinski definition) is 8. The predicted molar refractivity (Wildman–Crippen MR) is 116 cm³/mol. The van der Waals surface area contributed by atoms with Gasteiger partial charge >= 0.3 is 12.0 Å². The summed E-state index contributed by atoms with van der Waals surface area (Å²) in [6.45, 7) is 3.34. The Morgan fingerprint density at radius 1 is 1.12 bits per heavy atom. The Bertz CT molecular complexity index is 968. The van der Waals surface area contributed by atoms with Crippen LogP contribution in [0.1, 0.15) is 6.92 Å². The van der Waals surface area contributed by atoms with E-state index in [1.54, 1.807) is 11.8 Å². The van der Waals surface area contributed by atoms with Crippen molar-refractivity contribution in [2.75, 3.05) is 52.5 Å². The molecule has 2 fully saturated rings. The van der Waals surface area contributed by atoms with Gasteiger partial charge in [-0.1, -0.05) is 5.92 Å². The van der Waals surface area contributed by atoms with Crippen LogP contribution in [0.5, 0.6) is 5.75 Å². The fraction of sp³-hybridized carbons (Fsp3) is 0.500. The van der Waals surface area contributed by atoms with E-state index < -0.39 is 22.0 Å². The zero-order valence-corrected chi connectivity index (χ0v) is 19.0. The molecule has 0 saturated carbocycles. The Morgan fingerprint density at radius 3 is 2.33 bits per heavy atom. The number of hydrogen-bond donors (Lipinski definition) is 3. The molecule has 1 aromatic rings. The van der Waals surface area contributed by atoms with Crippen molar-refractivity contribution in [3.8, 4) is 17.6 Å². The summed E-state index contributed by atoms with van der Waals surface area (Å²) in [5.74, 6) is 8.09. The molecule has 13 heteroatoms. The van der Waals surface area contributed by atoms with E-state index >= 15 is 0 Å². The third-order valence-corrected chi connectivity index (χ3v) is 7.01. The van der Waals surface area contributed by atoms with Gasteiger partial charge in [-0.15, -0.1) is 5.92 Å². The highest BCUT2D eigenvalue weighted by Crippen LogP contribution is 2.24. The van der Waals surface area contributed by atoms with Crippen LogP contribution in [-0.2, 0) is 19.6 Å². The van der Waals surface area contributed by atoms with Crippen LogP contribution in [0.15, 0.2) is 29.2 Å². The van der Waals surface area contributed by atoms with Gasteiger partial charge in [-0.3, -0.25) is 4.79 Å². The summed E-state index contributed by atoms with van der Waals surface area (Å²) in [6, 6.07) is 4.06. The van der Waals surface area contributed by atoms with Crippen LogP contribution in [0, 0.1) is 11.8 Å². The summed E-state index contributed by atoms with van der Waals surface area (Å²) >= 11 is 0. The number of amides is 2. The highest BCUT2D eigenvalue weighted by atomic mass is 32.2. The van der Waals surface area contributed by atoms with Gasteiger partial charge in [0.05, 0.1) is 18.1 Å². The third-order valence-electron chi connectivity index (χ3n) is 5.09. The third kappa shape index (κ3) is 6.56. The Hall–Kier alpha value is -2.89. The molecule has 1 atom stereocenters. The van der Waals surface area contributed by atoms with Crippen molar-refractivity contribution in [2.24, 2.45) is 5.90 Å². The maximum atomic E-state index is 13.1. The van der Waals surface area contributed by atoms with Crippen LogP contribution in [-0.4, -0.2) is 103 Å². The molecule has 182 valence electrons. The summed E-state index contributed by atoms with van der Waals surface area (Å²) in [5.41, 5.74) is 0. The number of sulfonamides is 1. The second-order valence-corrected chi connectivity index (χ2v) is 8.88. The average Bonchev–Trinajstić information content (AvgIpc) is 2.85. The summed E-state index contributed by atoms with van der Waals surface area (Å²) in [7, 11) is -4.07. The van der Waals surface area contributed by atoms with Crippen LogP contribution in [0.25, 0.3) is 0 Å². The zero-order valence-electron chi connectivity index (χ0n) is 18.2. The first-order valence-electron chi connectivity index (χ1n) is 10.1. The normalized spacial score (nSPS) is 18.9. The van der Waals surface area contributed by atoms with E-state index in [1.807, 2.05) is 0 Å². The Morgan fingerprint density at radius 2 is 1.76 bits per heavy atom. The quantitative estimate of drug-likeness (QED) is 0.374.